The zero-order valence-electron chi connectivity index (χ0n) is 16.2. The Labute approximate surface area is 183 Å². The molecule has 3 aromatic heterocycles. The molecular weight excluding hydrogens is 440 g/mol. The summed E-state index contributed by atoms with van der Waals surface area (Å²) in [6.45, 7) is 1.81. The third-order valence-corrected chi connectivity index (χ3v) is 5.67. The number of aromatic amines is 2. The van der Waals surface area contributed by atoms with Gasteiger partial charge in [-0.3, -0.25) is 24.5 Å². The quantitative estimate of drug-likeness (QED) is 0.350. The first kappa shape index (κ1) is 20.7. The van der Waals surface area contributed by atoms with Crippen LogP contribution in [0, 0.1) is 6.92 Å². The van der Waals surface area contributed by atoms with Gasteiger partial charge < -0.3 is 4.98 Å². The van der Waals surface area contributed by atoms with Gasteiger partial charge in [-0.05, 0) is 19.1 Å². The molecule has 0 aliphatic rings. The molecule has 0 aliphatic heterocycles. The van der Waals surface area contributed by atoms with Crippen LogP contribution in [0.5, 0.6) is 0 Å². The van der Waals surface area contributed by atoms with Crippen molar-refractivity contribution in [1.82, 2.24) is 34.9 Å². The summed E-state index contributed by atoms with van der Waals surface area (Å²) < 4.78 is 1.78. The molecule has 11 nitrogen and oxygen atoms in total. The fourth-order valence-electron chi connectivity index (χ4n) is 2.76. The van der Waals surface area contributed by atoms with Gasteiger partial charge in [0, 0.05) is 23.9 Å². The number of anilines is 1. The summed E-state index contributed by atoms with van der Waals surface area (Å²) in [5, 5.41) is 20.6. The number of nitrogens with zero attached hydrogens (tertiary/aromatic N) is 5. The minimum atomic E-state index is -0.591. The number of benzene rings is 1. The number of aryl methyl sites for hydroxylation is 1. The van der Waals surface area contributed by atoms with Crippen LogP contribution in [0.3, 0.4) is 0 Å². The Bertz CT molecular complexity index is 1300. The lowest BCUT2D eigenvalue weighted by Gasteiger charge is -2.10. The van der Waals surface area contributed by atoms with Crippen LogP contribution in [-0.2, 0) is 11.2 Å². The molecule has 4 aromatic rings. The normalized spacial score (nSPS) is 10.9. The van der Waals surface area contributed by atoms with E-state index in [4.69, 9.17) is 0 Å². The van der Waals surface area contributed by atoms with E-state index in [0.717, 1.165) is 10.7 Å². The summed E-state index contributed by atoms with van der Waals surface area (Å²) in [6.07, 6.45) is 0.178. The van der Waals surface area contributed by atoms with E-state index in [9.17, 15) is 14.4 Å². The second-order valence-corrected chi connectivity index (χ2v) is 8.45. The molecule has 0 atom stereocenters. The number of H-pyrrole nitrogens is 2. The van der Waals surface area contributed by atoms with Gasteiger partial charge in [-0.25, -0.2) is 4.79 Å². The molecule has 158 valence electrons. The van der Waals surface area contributed by atoms with Crippen molar-refractivity contribution in [2.75, 3.05) is 11.1 Å². The topological polar surface area (TPSA) is 151 Å². The molecule has 3 heterocycles. The van der Waals surface area contributed by atoms with Crippen LogP contribution in [0.15, 0.2) is 51.1 Å². The molecule has 0 aliphatic carbocycles. The second kappa shape index (κ2) is 9.06. The number of carbonyl (C=O) groups is 1. The zero-order chi connectivity index (χ0) is 21.8. The Kier molecular flexibility index (Phi) is 6.04. The summed E-state index contributed by atoms with van der Waals surface area (Å²) in [4.78, 5) is 40.2. The highest BCUT2D eigenvalue weighted by Crippen LogP contribution is 2.23. The lowest BCUT2D eigenvalue weighted by Crippen LogP contribution is -2.23. The number of hydrogen-bond donors (Lipinski definition) is 3. The first-order valence-electron chi connectivity index (χ1n) is 9.03. The lowest BCUT2D eigenvalue weighted by atomic mass is 10.2. The number of thioether (sulfide) groups is 1. The van der Waals surface area contributed by atoms with E-state index in [1.807, 2.05) is 30.3 Å². The Balaban J connectivity index is 1.58. The Morgan fingerprint density at radius 2 is 1.94 bits per heavy atom. The Morgan fingerprint density at radius 3 is 2.65 bits per heavy atom. The number of aromatic nitrogens is 7. The average Bonchev–Trinajstić information content (AvgIpc) is 3.32. The van der Waals surface area contributed by atoms with E-state index >= 15 is 0 Å². The van der Waals surface area contributed by atoms with Gasteiger partial charge in [0.1, 0.15) is 10.8 Å². The van der Waals surface area contributed by atoms with Crippen molar-refractivity contribution in [2.45, 2.75) is 18.5 Å². The van der Waals surface area contributed by atoms with Gasteiger partial charge in [-0.15, -0.1) is 20.4 Å². The molecule has 0 unspecified atom stereocenters. The van der Waals surface area contributed by atoms with E-state index in [-0.39, 0.29) is 18.1 Å². The van der Waals surface area contributed by atoms with E-state index in [2.05, 4.69) is 35.7 Å². The summed E-state index contributed by atoms with van der Waals surface area (Å²) in [5.74, 6) is 0.352. The predicted molar refractivity (Wildman–Crippen MR) is 116 cm³/mol. The summed E-state index contributed by atoms with van der Waals surface area (Å²) in [5.41, 5.74) is 0.103. The molecule has 0 radical (unpaired) electrons. The van der Waals surface area contributed by atoms with Crippen LogP contribution in [0.1, 0.15) is 16.5 Å². The number of rotatable bonds is 7. The number of amides is 1. The van der Waals surface area contributed by atoms with Crippen molar-refractivity contribution in [3.05, 3.63) is 73.8 Å². The highest BCUT2D eigenvalue weighted by atomic mass is 32.2. The molecule has 3 N–H and O–H groups in total. The number of para-hydroxylation sites is 1. The fourth-order valence-corrected chi connectivity index (χ4v) is 4.14. The van der Waals surface area contributed by atoms with E-state index in [1.54, 1.807) is 11.5 Å². The van der Waals surface area contributed by atoms with Gasteiger partial charge in [0.15, 0.2) is 5.16 Å². The van der Waals surface area contributed by atoms with Crippen molar-refractivity contribution in [3.8, 4) is 5.69 Å². The van der Waals surface area contributed by atoms with E-state index in [0.29, 0.717) is 21.8 Å². The summed E-state index contributed by atoms with van der Waals surface area (Å²) >= 11 is 2.50. The van der Waals surface area contributed by atoms with Gasteiger partial charge in [0.2, 0.25) is 11.0 Å². The molecule has 1 amide bonds. The molecule has 4 rings (SSSR count). The van der Waals surface area contributed by atoms with Crippen molar-refractivity contribution < 1.29 is 4.79 Å². The standard InChI is InChI=1S/C18H16N8O3S2/c1-10-22-24-17(31-10)21-15(28)9-30-18-25-23-13(26(18)12-5-3-2-4-6-12)7-11-8-14(27)20-16(29)19-11/h2-6,8H,7,9H2,1H3,(H,21,24,28)(H2,19,20,27,29). The van der Waals surface area contributed by atoms with Crippen LogP contribution >= 0.6 is 23.1 Å². The molecule has 0 spiro atoms. The maximum absolute atomic E-state index is 12.3. The van der Waals surface area contributed by atoms with E-state index in [1.165, 1.54) is 29.2 Å². The average molecular weight is 457 g/mol. The molecule has 31 heavy (non-hydrogen) atoms. The SMILES string of the molecule is Cc1nnc(NC(=O)CSc2nnc(Cc3cc(=O)[nH]c(=O)[nH]3)n2-c2ccccc2)s1. The Hall–Kier alpha value is -3.58. The molecule has 13 heteroatoms. The zero-order valence-corrected chi connectivity index (χ0v) is 17.8. The van der Waals surface area contributed by atoms with Crippen LogP contribution in [-0.4, -0.2) is 46.6 Å². The van der Waals surface area contributed by atoms with Crippen LogP contribution in [0.2, 0.25) is 0 Å². The summed E-state index contributed by atoms with van der Waals surface area (Å²) in [7, 11) is 0. The summed E-state index contributed by atoms with van der Waals surface area (Å²) in [6, 6.07) is 10.7. The molecule has 1 aromatic carbocycles. The van der Waals surface area contributed by atoms with Crippen molar-refractivity contribution in [2.24, 2.45) is 0 Å². The number of carbonyl (C=O) groups excluding carboxylic acids is 1. The molecular formula is C18H16N8O3S2. The molecule has 0 saturated heterocycles. The minimum absolute atomic E-state index is 0.0887. The third-order valence-electron chi connectivity index (χ3n) is 3.98. The maximum atomic E-state index is 12.3. The van der Waals surface area contributed by atoms with E-state index < -0.39 is 11.2 Å². The largest absolute Gasteiger partial charge is 0.325 e. The van der Waals surface area contributed by atoms with Gasteiger partial charge >= 0.3 is 5.69 Å². The maximum Gasteiger partial charge on any atom is 0.325 e. The Morgan fingerprint density at radius 1 is 1.13 bits per heavy atom. The van der Waals surface area contributed by atoms with Crippen molar-refractivity contribution in [3.63, 3.8) is 0 Å². The smallest absolute Gasteiger partial charge is 0.311 e. The number of nitrogens with one attached hydrogen (secondary N) is 3. The molecule has 0 fully saturated rings. The highest BCUT2D eigenvalue weighted by Gasteiger charge is 2.17. The van der Waals surface area contributed by atoms with Crippen LogP contribution in [0.4, 0.5) is 5.13 Å². The third kappa shape index (κ3) is 5.13. The first-order valence-corrected chi connectivity index (χ1v) is 10.8. The first-order chi connectivity index (χ1) is 15.0. The lowest BCUT2D eigenvalue weighted by molar-refractivity contribution is -0.113. The minimum Gasteiger partial charge on any atom is -0.311 e. The second-order valence-electron chi connectivity index (χ2n) is 6.32. The predicted octanol–water partition coefficient (Wildman–Crippen LogP) is 1.13. The van der Waals surface area contributed by atoms with Crippen molar-refractivity contribution >= 4 is 34.1 Å². The van der Waals surface area contributed by atoms with Gasteiger partial charge in [-0.2, -0.15) is 0 Å². The van der Waals surface area contributed by atoms with Gasteiger partial charge in [-0.1, -0.05) is 41.3 Å². The van der Waals surface area contributed by atoms with Crippen molar-refractivity contribution in [1.29, 1.82) is 0 Å². The fraction of sp³-hybridized carbons (Fsp3) is 0.167. The highest BCUT2D eigenvalue weighted by molar-refractivity contribution is 7.99. The molecule has 0 saturated carbocycles. The van der Waals surface area contributed by atoms with Gasteiger partial charge in [0.25, 0.3) is 5.56 Å². The monoisotopic (exact) mass is 456 g/mol. The van der Waals surface area contributed by atoms with Crippen LogP contribution in [0.25, 0.3) is 5.69 Å². The van der Waals surface area contributed by atoms with Crippen LogP contribution < -0.4 is 16.6 Å². The molecule has 0 bridgehead atoms. The number of hydrogen-bond acceptors (Lipinski definition) is 9. The van der Waals surface area contributed by atoms with Gasteiger partial charge in [0.05, 0.1) is 5.75 Å².